The van der Waals surface area contributed by atoms with Gasteiger partial charge in [0, 0.05) is 13.1 Å². The Hall–Kier alpha value is -2.54. The van der Waals surface area contributed by atoms with Crippen molar-refractivity contribution in [1.82, 2.24) is 4.98 Å². The third kappa shape index (κ3) is 3.03. The van der Waals surface area contributed by atoms with Gasteiger partial charge in [-0.05, 0) is 50.5 Å². The molecule has 136 valence electrons. The second-order valence-electron chi connectivity index (χ2n) is 6.47. The van der Waals surface area contributed by atoms with Crippen LogP contribution in [0.5, 0.6) is 0 Å². The molecule has 0 unspecified atom stereocenters. The summed E-state index contributed by atoms with van der Waals surface area (Å²) >= 11 is 0. The minimum absolute atomic E-state index is 0.0466. The van der Waals surface area contributed by atoms with Crippen molar-refractivity contribution in [2.45, 2.75) is 36.1 Å². The van der Waals surface area contributed by atoms with Crippen molar-refractivity contribution >= 4 is 15.7 Å². The largest absolute Gasteiger partial charge is 0.459 e. The highest BCUT2D eigenvalue weighted by Gasteiger charge is 2.32. The third-order valence-corrected chi connectivity index (χ3v) is 6.21. The molecule has 26 heavy (non-hydrogen) atoms. The van der Waals surface area contributed by atoms with Crippen LogP contribution in [-0.2, 0) is 9.84 Å². The topological polar surface area (TPSA) is 76.5 Å². The summed E-state index contributed by atoms with van der Waals surface area (Å²) in [5, 5.41) is -0.0466. The number of piperidine rings is 1. The van der Waals surface area contributed by atoms with Gasteiger partial charge in [0.1, 0.15) is 0 Å². The van der Waals surface area contributed by atoms with Crippen LogP contribution in [0.3, 0.4) is 0 Å². The van der Waals surface area contributed by atoms with Crippen LogP contribution < -0.4 is 4.90 Å². The molecule has 0 aliphatic carbocycles. The molecular formula is C19H20N2O4S. The Morgan fingerprint density at radius 2 is 1.77 bits per heavy atom. The van der Waals surface area contributed by atoms with E-state index in [0.29, 0.717) is 11.6 Å². The molecule has 0 atom stereocenters. The molecule has 0 spiro atoms. The van der Waals surface area contributed by atoms with Crippen LogP contribution in [0.15, 0.2) is 61.4 Å². The fraction of sp³-hybridized carbons (Fsp3) is 0.316. The standard InChI is InChI=1S/C19H20N2O4S/c1-14-7-9-15(10-8-14)26(22,23)18-19(21-11-3-2-4-12-21)25-17(20-18)16-6-5-13-24-16/h5-10,13H,2-4,11-12H2,1H3. The zero-order valence-corrected chi connectivity index (χ0v) is 15.3. The fourth-order valence-corrected chi connectivity index (χ4v) is 4.43. The fourth-order valence-electron chi connectivity index (χ4n) is 3.10. The Morgan fingerprint density at radius 3 is 2.42 bits per heavy atom. The molecule has 3 aromatic rings. The molecular weight excluding hydrogens is 352 g/mol. The lowest BCUT2D eigenvalue weighted by atomic mass is 10.1. The van der Waals surface area contributed by atoms with Crippen LogP contribution in [0.4, 0.5) is 5.88 Å². The molecule has 1 aromatic carbocycles. The average Bonchev–Trinajstić information content (AvgIpc) is 3.33. The summed E-state index contributed by atoms with van der Waals surface area (Å²) in [6, 6.07) is 10.2. The zero-order chi connectivity index (χ0) is 18.1. The van der Waals surface area contributed by atoms with E-state index in [-0.39, 0.29) is 15.8 Å². The number of benzene rings is 1. The maximum atomic E-state index is 13.2. The second-order valence-corrected chi connectivity index (χ2v) is 8.34. The zero-order valence-electron chi connectivity index (χ0n) is 14.5. The van der Waals surface area contributed by atoms with E-state index in [1.165, 1.54) is 6.26 Å². The number of hydrogen-bond donors (Lipinski definition) is 0. The highest BCUT2D eigenvalue weighted by atomic mass is 32.2. The lowest BCUT2D eigenvalue weighted by Crippen LogP contribution is -2.30. The van der Waals surface area contributed by atoms with Crippen LogP contribution in [0.25, 0.3) is 11.7 Å². The van der Waals surface area contributed by atoms with E-state index in [2.05, 4.69) is 4.98 Å². The van der Waals surface area contributed by atoms with E-state index in [0.717, 1.165) is 37.9 Å². The average molecular weight is 372 g/mol. The summed E-state index contributed by atoms with van der Waals surface area (Å²) in [4.78, 5) is 6.48. The Balaban J connectivity index is 1.84. The summed E-state index contributed by atoms with van der Waals surface area (Å²) in [5.74, 6) is 0.895. The SMILES string of the molecule is Cc1ccc(S(=O)(=O)c2nc(-c3ccco3)oc2N2CCCCC2)cc1. The van der Waals surface area contributed by atoms with Crippen molar-refractivity contribution in [2.75, 3.05) is 18.0 Å². The molecule has 6 nitrogen and oxygen atoms in total. The van der Waals surface area contributed by atoms with E-state index in [1.807, 2.05) is 11.8 Å². The van der Waals surface area contributed by atoms with E-state index in [1.54, 1.807) is 36.4 Å². The van der Waals surface area contributed by atoms with Gasteiger partial charge in [-0.25, -0.2) is 8.42 Å². The number of anilines is 1. The van der Waals surface area contributed by atoms with Gasteiger partial charge in [0.15, 0.2) is 5.76 Å². The van der Waals surface area contributed by atoms with Gasteiger partial charge in [-0.2, -0.15) is 4.98 Å². The van der Waals surface area contributed by atoms with Crippen LogP contribution >= 0.6 is 0 Å². The van der Waals surface area contributed by atoms with Crippen LogP contribution in [-0.4, -0.2) is 26.5 Å². The maximum absolute atomic E-state index is 13.2. The Labute approximate surface area is 152 Å². The van der Waals surface area contributed by atoms with Crippen molar-refractivity contribution in [3.63, 3.8) is 0 Å². The van der Waals surface area contributed by atoms with Crippen molar-refractivity contribution < 1.29 is 17.3 Å². The maximum Gasteiger partial charge on any atom is 0.266 e. The monoisotopic (exact) mass is 372 g/mol. The first-order chi connectivity index (χ1) is 12.6. The summed E-state index contributed by atoms with van der Waals surface area (Å²) < 4.78 is 37.6. The number of nitrogens with zero attached hydrogens (tertiary/aromatic N) is 2. The second kappa shape index (κ2) is 6.64. The Bertz CT molecular complexity index is 983. The molecule has 0 bridgehead atoms. The highest BCUT2D eigenvalue weighted by Crippen LogP contribution is 2.35. The number of oxazole rings is 1. The minimum atomic E-state index is -3.79. The van der Waals surface area contributed by atoms with Crippen LogP contribution in [0.1, 0.15) is 24.8 Å². The van der Waals surface area contributed by atoms with Crippen LogP contribution in [0, 0.1) is 6.92 Å². The lowest BCUT2D eigenvalue weighted by Gasteiger charge is -2.26. The first-order valence-corrected chi connectivity index (χ1v) is 10.2. The number of rotatable bonds is 4. The lowest BCUT2D eigenvalue weighted by molar-refractivity contribution is 0.483. The minimum Gasteiger partial charge on any atom is -0.459 e. The Morgan fingerprint density at radius 1 is 1.04 bits per heavy atom. The summed E-state index contributed by atoms with van der Waals surface area (Å²) in [5.41, 5.74) is 0.997. The summed E-state index contributed by atoms with van der Waals surface area (Å²) in [6.07, 6.45) is 4.64. The number of aromatic nitrogens is 1. The van der Waals surface area contributed by atoms with E-state index in [9.17, 15) is 8.42 Å². The van der Waals surface area contributed by atoms with Gasteiger partial charge >= 0.3 is 0 Å². The summed E-state index contributed by atoms with van der Waals surface area (Å²) in [6.45, 7) is 3.42. The molecule has 1 saturated heterocycles. The van der Waals surface area contributed by atoms with Gasteiger partial charge in [-0.15, -0.1) is 0 Å². The molecule has 3 heterocycles. The van der Waals surface area contributed by atoms with Gasteiger partial charge in [0.05, 0.1) is 11.2 Å². The molecule has 1 aliphatic heterocycles. The normalized spacial score (nSPS) is 15.3. The van der Waals surface area contributed by atoms with Gasteiger partial charge in [0.25, 0.3) is 5.89 Å². The quantitative estimate of drug-likeness (QED) is 0.687. The van der Waals surface area contributed by atoms with Crippen LogP contribution in [0.2, 0.25) is 0 Å². The van der Waals surface area contributed by atoms with Crippen molar-refractivity contribution in [3.8, 4) is 11.7 Å². The molecule has 0 amide bonds. The van der Waals surface area contributed by atoms with Gasteiger partial charge in [-0.3, -0.25) is 0 Å². The third-order valence-electron chi connectivity index (χ3n) is 4.54. The first kappa shape index (κ1) is 16.9. The smallest absolute Gasteiger partial charge is 0.266 e. The van der Waals surface area contributed by atoms with Crippen molar-refractivity contribution in [1.29, 1.82) is 0 Å². The first-order valence-electron chi connectivity index (χ1n) is 8.67. The summed E-state index contributed by atoms with van der Waals surface area (Å²) in [7, 11) is -3.79. The molecule has 7 heteroatoms. The molecule has 1 aliphatic rings. The predicted octanol–water partition coefficient (Wildman–Crippen LogP) is 4.07. The highest BCUT2D eigenvalue weighted by molar-refractivity contribution is 7.91. The Kier molecular flexibility index (Phi) is 4.32. The molecule has 0 radical (unpaired) electrons. The molecule has 2 aromatic heterocycles. The van der Waals surface area contributed by atoms with E-state index in [4.69, 9.17) is 8.83 Å². The number of furan rings is 1. The van der Waals surface area contributed by atoms with Crippen molar-refractivity contribution in [3.05, 3.63) is 48.2 Å². The molecule has 1 fully saturated rings. The number of sulfone groups is 1. The molecule has 0 N–H and O–H groups in total. The van der Waals surface area contributed by atoms with Crippen molar-refractivity contribution in [2.24, 2.45) is 0 Å². The van der Waals surface area contributed by atoms with E-state index >= 15 is 0 Å². The number of hydrogen-bond acceptors (Lipinski definition) is 6. The molecule has 4 rings (SSSR count). The molecule has 0 saturated carbocycles. The predicted molar refractivity (Wildman–Crippen MR) is 96.9 cm³/mol. The van der Waals surface area contributed by atoms with Gasteiger partial charge in [-0.1, -0.05) is 17.7 Å². The van der Waals surface area contributed by atoms with Gasteiger partial charge < -0.3 is 13.7 Å². The van der Waals surface area contributed by atoms with Gasteiger partial charge in [0.2, 0.25) is 20.7 Å². The number of aryl methyl sites for hydroxylation is 1. The van der Waals surface area contributed by atoms with E-state index < -0.39 is 9.84 Å².